The van der Waals surface area contributed by atoms with Gasteiger partial charge >= 0.3 is 5.97 Å². The molecule has 3 aromatic carbocycles. The highest BCUT2D eigenvalue weighted by Gasteiger charge is 2.38. The quantitative estimate of drug-likeness (QED) is 0.375. The molecule has 6 heteroatoms. The van der Waals surface area contributed by atoms with E-state index in [9.17, 15) is 15.0 Å². The lowest BCUT2D eigenvalue weighted by molar-refractivity contribution is -0.146. The number of aliphatic hydroxyl groups excluding tert-OH is 2. The largest absolute Gasteiger partial charge is 0.497 e. The molecule has 2 N–H and O–H groups in total. The number of aliphatic hydroxyl groups is 2. The fraction of sp³-hybridized carbons (Fsp3) is 0.269. The van der Waals surface area contributed by atoms with E-state index in [1.165, 1.54) is 7.11 Å². The summed E-state index contributed by atoms with van der Waals surface area (Å²) in [6.45, 7) is -0.214. The first-order valence-electron chi connectivity index (χ1n) is 10.3. The summed E-state index contributed by atoms with van der Waals surface area (Å²) in [4.78, 5) is 11.5. The Labute approximate surface area is 188 Å². The van der Waals surface area contributed by atoms with Crippen molar-refractivity contribution in [1.82, 2.24) is 0 Å². The van der Waals surface area contributed by atoms with Gasteiger partial charge in [0.15, 0.2) is 0 Å². The van der Waals surface area contributed by atoms with Crippen LogP contribution in [0.2, 0.25) is 0 Å². The van der Waals surface area contributed by atoms with E-state index in [2.05, 4.69) is 4.74 Å². The topological polar surface area (TPSA) is 85.2 Å². The van der Waals surface area contributed by atoms with Crippen LogP contribution in [-0.2, 0) is 19.9 Å². The lowest BCUT2D eigenvalue weighted by Gasteiger charge is -2.37. The van der Waals surface area contributed by atoms with Gasteiger partial charge in [-0.3, -0.25) is 4.79 Å². The lowest BCUT2D eigenvalue weighted by Crippen LogP contribution is -2.39. The normalized spacial score (nSPS) is 13.2. The van der Waals surface area contributed by atoms with E-state index in [1.54, 1.807) is 7.11 Å². The van der Waals surface area contributed by atoms with Crippen LogP contribution in [-0.4, -0.2) is 49.2 Å². The monoisotopic (exact) mass is 436 g/mol. The molecule has 0 bridgehead atoms. The fourth-order valence-electron chi connectivity index (χ4n) is 3.63. The van der Waals surface area contributed by atoms with Crippen molar-refractivity contribution < 1.29 is 29.2 Å². The molecule has 0 saturated carbocycles. The van der Waals surface area contributed by atoms with Crippen LogP contribution in [0.25, 0.3) is 0 Å². The van der Waals surface area contributed by atoms with Crippen LogP contribution in [0.15, 0.2) is 84.9 Å². The third-order valence-corrected chi connectivity index (χ3v) is 5.38. The van der Waals surface area contributed by atoms with E-state index >= 15 is 0 Å². The zero-order valence-electron chi connectivity index (χ0n) is 18.2. The van der Waals surface area contributed by atoms with Crippen LogP contribution in [0, 0.1) is 0 Å². The van der Waals surface area contributed by atoms with E-state index in [-0.39, 0.29) is 13.0 Å². The Morgan fingerprint density at radius 2 is 1.28 bits per heavy atom. The van der Waals surface area contributed by atoms with E-state index < -0.39 is 23.8 Å². The molecule has 32 heavy (non-hydrogen) atoms. The van der Waals surface area contributed by atoms with Crippen LogP contribution in [0.3, 0.4) is 0 Å². The molecule has 2 unspecified atom stereocenters. The maximum absolute atomic E-state index is 11.5. The molecule has 0 aliphatic rings. The maximum Gasteiger partial charge on any atom is 0.308 e. The van der Waals surface area contributed by atoms with Crippen LogP contribution >= 0.6 is 0 Å². The first-order valence-corrected chi connectivity index (χ1v) is 10.3. The number of ether oxygens (including phenoxy) is 3. The lowest BCUT2D eigenvalue weighted by atomic mass is 9.80. The Bertz CT molecular complexity index is 933. The first kappa shape index (κ1) is 23.5. The van der Waals surface area contributed by atoms with Gasteiger partial charge in [0.25, 0.3) is 0 Å². The summed E-state index contributed by atoms with van der Waals surface area (Å²) < 4.78 is 16.4. The molecule has 0 radical (unpaired) electrons. The van der Waals surface area contributed by atoms with Crippen molar-refractivity contribution in [1.29, 1.82) is 0 Å². The van der Waals surface area contributed by atoms with Gasteiger partial charge in [0.2, 0.25) is 0 Å². The second kappa shape index (κ2) is 10.9. The predicted octanol–water partition coefficient (Wildman–Crippen LogP) is 3.29. The second-order valence-corrected chi connectivity index (χ2v) is 7.37. The van der Waals surface area contributed by atoms with Crippen LogP contribution < -0.4 is 4.74 Å². The molecule has 0 amide bonds. The van der Waals surface area contributed by atoms with Crippen LogP contribution in [0.5, 0.6) is 5.75 Å². The minimum Gasteiger partial charge on any atom is -0.497 e. The Morgan fingerprint density at radius 1 is 0.781 bits per heavy atom. The molecule has 0 aliphatic carbocycles. The number of esters is 1. The molecular weight excluding hydrogens is 408 g/mol. The highest BCUT2D eigenvalue weighted by molar-refractivity contribution is 5.69. The van der Waals surface area contributed by atoms with E-state index in [1.807, 2.05) is 84.9 Å². The molecule has 3 rings (SSSR count). The van der Waals surface area contributed by atoms with Crippen molar-refractivity contribution in [2.24, 2.45) is 0 Å². The number of rotatable bonds is 10. The zero-order valence-corrected chi connectivity index (χ0v) is 18.2. The number of carbonyl (C=O) groups excluding carboxylic acids is 1. The van der Waals surface area contributed by atoms with Crippen molar-refractivity contribution in [2.75, 3.05) is 20.8 Å². The highest BCUT2D eigenvalue weighted by Crippen LogP contribution is 2.41. The number of benzene rings is 3. The molecule has 0 heterocycles. The summed E-state index contributed by atoms with van der Waals surface area (Å²) in [6, 6.07) is 26.8. The number of methoxy groups -OCH3 is 2. The summed E-state index contributed by atoms with van der Waals surface area (Å²) in [5.74, 6) is 0.0985. The molecule has 0 aliphatic heterocycles. The summed E-state index contributed by atoms with van der Waals surface area (Å²) in [5.41, 5.74) is 1.46. The minimum absolute atomic E-state index is 0.214. The molecular formula is C26H28O6. The Balaban J connectivity index is 2.06. The molecule has 3 aromatic rings. The number of hydrogen-bond donors (Lipinski definition) is 2. The summed E-state index contributed by atoms with van der Waals surface area (Å²) in [5, 5.41) is 20.8. The van der Waals surface area contributed by atoms with Crippen molar-refractivity contribution in [2.45, 2.75) is 24.2 Å². The van der Waals surface area contributed by atoms with Gasteiger partial charge in [-0.05, 0) is 28.8 Å². The van der Waals surface area contributed by atoms with Gasteiger partial charge in [-0.25, -0.2) is 0 Å². The van der Waals surface area contributed by atoms with E-state index in [0.29, 0.717) is 5.75 Å². The van der Waals surface area contributed by atoms with Gasteiger partial charge in [-0.1, -0.05) is 72.8 Å². The van der Waals surface area contributed by atoms with Crippen molar-refractivity contribution in [3.8, 4) is 5.75 Å². The molecule has 168 valence electrons. The van der Waals surface area contributed by atoms with Gasteiger partial charge in [0.05, 0.1) is 33.4 Å². The van der Waals surface area contributed by atoms with Gasteiger partial charge < -0.3 is 24.4 Å². The fourth-order valence-corrected chi connectivity index (χ4v) is 3.63. The summed E-state index contributed by atoms with van der Waals surface area (Å²) in [6.07, 6.45) is -2.94. The molecule has 2 atom stereocenters. The van der Waals surface area contributed by atoms with E-state index in [0.717, 1.165) is 16.7 Å². The van der Waals surface area contributed by atoms with Crippen molar-refractivity contribution >= 4 is 5.97 Å². The first-order chi connectivity index (χ1) is 15.5. The standard InChI is InChI=1S/C26H28O6/c1-30-22-15-13-21(14-16-22)26(19-9-5-3-6-10-19,20-11-7-4-8-12-20)32-18-24(28)23(27)17-25(29)31-2/h3-16,23-24,27-28H,17-18H2,1-2H3. The summed E-state index contributed by atoms with van der Waals surface area (Å²) >= 11 is 0. The Kier molecular flexibility index (Phi) is 8.00. The smallest absolute Gasteiger partial charge is 0.308 e. The minimum atomic E-state index is -1.32. The second-order valence-electron chi connectivity index (χ2n) is 7.37. The summed E-state index contributed by atoms with van der Waals surface area (Å²) in [7, 11) is 2.84. The molecule has 0 aromatic heterocycles. The molecule has 0 fully saturated rings. The molecule has 6 nitrogen and oxygen atoms in total. The van der Waals surface area contributed by atoms with Gasteiger partial charge in [-0.15, -0.1) is 0 Å². The Morgan fingerprint density at radius 3 is 1.75 bits per heavy atom. The van der Waals surface area contributed by atoms with Crippen LogP contribution in [0.1, 0.15) is 23.1 Å². The highest BCUT2D eigenvalue weighted by atomic mass is 16.5. The number of hydrogen-bond acceptors (Lipinski definition) is 6. The molecule has 0 saturated heterocycles. The molecule has 0 spiro atoms. The van der Waals surface area contributed by atoms with E-state index in [4.69, 9.17) is 9.47 Å². The van der Waals surface area contributed by atoms with Crippen molar-refractivity contribution in [3.05, 3.63) is 102 Å². The van der Waals surface area contributed by atoms with Crippen LogP contribution in [0.4, 0.5) is 0 Å². The van der Waals surface area contributed by atoms with Gasteiger partial charge in [0, 0.05) is 0 Å². The van der Waals surface area contributed by atoms with Crippen molar-refractivity contribution in [3.63, 3.8) is 0 Å². The zero-order chi connectivity index (χ0) is 23.0. The third-order valence-electron chi connectivity index (χ3n) is 5.38. The maximum atomic E-state index is 11.5. The SMILES string of the molecule is COC(=O)CC(O)C(O)COC(c1ccccc1)(c1ccccc1)c1ccc(OC)cc1. The number of carbonyl (C=O) groups is 1. The Hall–Kier alpha value is -3.19. The third kappa shape index (κ3) is 5.16. The van der Waals surface area contributed by atoms with Gasteiger partial charge in [-0.2, -0.15) is 0 Å². The predicted molar refractivity (Wildman–Crippen MR) is 120 cm³/mol. The average Bonchev–Trinajstić information content (AvgIpc) is 2.85. The average molecular weight is 437 g/mol. The van der Waals surface area contributed by atoms with Gasteiger partial charge in [0.1, 0.15) is 17.5 Å².